The Morgan fingerprint density at radius 3 is 2.81 bits per heavy atom. The molecular weight excluding hydrogens is 292 g/mol. The molecule has 0 radical (unpaired) electrons. The van der Waals surface area contributed by atoms with Gasteiger partial charge in [-0.25, -0.2) is 4.98 Å². The first kappa shape index (κ1) is 14.9. The number of hydrogen-bond donors (Lipinski definition) is 1. The number of anilines is 2. The van der Waals surface area contributed by atoms with Crippen LogP contribution in [-0.4, -0.2) is 23.7 Å². The number of nitrogens with zero attached hydrogens (tertiary/aromatic N) is 3. The number of aromatic nitrogens is 2. The molecule has 0 spiro atoms. The minimum Gasteiger partial charge on any atom is -0.489 e. The lowest BCUT2D eigenvalue weighted by atomic mass is 10.2. The minimum absolute atomic E-state index is 0.349. The van der Waals surface area contributed by atoms with Crippen LogP contribution in [0.3, 0.4) is 0 Å². The van der Waals surface area contributed by atoms with E-state index in [2.05, 4.69) is 15.3 Å². The lowest BCUT2D eigenvalue weighted by Gasteiger charge is -2.13. The maximum Gasteiger partial charge on any atom is 0.262 e. The topological polar surface area (TPSA) is 80.1 Å². The van der Waals surface area contributed by atoms with E-state index in [-0.39, 0.29) is 0 Å². The number of halogens is 1. The smallest absolute Gasteiger partial charge is 0.262 e. The highest BCUT2D eigenvalue weighted by molar-refractivity contribution is 6.33. The lowest BCUT2D eigenvalue weighted by Crippen LogP contribution is -2.03. The highest BCUT2D eigenvalue weighted by Gasteiger charge is 2.14. The van der Waals surface area contributed by atoms with Gasteiger partial charge in [-0.2, -0.15) is 10.2 Å². The van der Waals surface area contributed by atoms with Crippen LogP contribution in [0.15, 0.2) is 24.5 Å². The zero-order valence-electron chi connectivity index (χ0n) is 11.6. The van der Waals surface area contributed by atoms with Crippen molar-refractivity contribution in [3.63, 3.8) is 0 Å². The summed E-state index contributed by atoms with van der Waals surface area (Å²) in [5.74, 6) is 1.17. The van der Waals surface area contributed by atoms with Crippen molar-refractivity contribution in [2.24, 2.45) is 0 Å². The highest BCUT2D eigenvalue weighted by Crippen LogP contribution is 2.34. The summed E-state index contributed by atoms with van der Waals surface area (Å²) >= 11 is 6.13. The standard InChI is InChI=1S/C14H13ClN4O2/c1-3-21-14-12(20-2)13(17-8-18-14)19-11-5-4-9(7-16)6-10(11)15/h4-6,8H,3H2,1-2H3,(H,17,18,19). The average Bonchev–Trinajstić information content (AvgIpc) is 2.50. The van der Waals surface area contributed by atoms with E-state index in [1.54, 1.807) is 18.2 Å². The van der Waals surface area contributed by atoms with Crippen LogP contribution >= 0.6 is 11.6 Å². The zero-order valence-corrected chi connectivity index (χ0v) is 12.3. The molecule has 0 amide bonds. The Balaban J connectivity index is 2.35. The van der Waals surface area contributed by atoms with Crippen LogP contribution < -0.4 is 14.8 Å². The fraction of sp³-hybridized carbons (Fsp3) is 0.214. The van der Waals surface area contributed by atoms with Crippen molar-refractivity contribution in [3.8, 4) is 17.7 Å². The van der Waals surface area contributed by atoms with Gasteiger partial charge in [0.2, 0.25) is 5.75 Å². The maximum absolute atomic E-state index is 8.83. The molecule has 2 rings (SSSR count). The van der Waals surface area contributed by atoms with Crippen molar-refractivity contribution in [1.82, 2.24) is 9.97 Å². The number of nitriles is 1. The molecule has 1 aromatic carbocycles. The number of rotatable bonds is 5. The molecule has 0 aliphatic carbocycles. The summed E-state index contributed by atoms with van der Waals surface area (Å²) in [4.78, 5) is 8.14. The Hall–Kier alpha value is -2.52. The minimum atomic E-state index is 0.349. The molecule has 1 N–H and O–H groups in total. The predicted octanol–water partition coefficient (Wildman–Crippen LogP) is 3.15. The molecule has 1 aromatic heterocycles. The van der Waals surface area contributed by atoms with Crippen molar-refractivity contribution < 1.29 is 9.47 Å². The van der Waals surface area contributed by atoms with Crippen LogP contribution in [0, 0.1) is 11.3 Å². The largest absolute Gasteiger partial charge is 0.489 e. The van der Waals surface area contributed by atoms with E-state index in [0.29, 0.717) is 40.3 Å². The second-order valence-electron chi connectivity index (χ2n) is 3.93. The number of ether oxygens (including phenoxy) is 2. The van der Waals surface area contributed by atoms with Crippen molar-refractivity contribution in [1.29, 1.82) is 5.26 Å². The van der Waals surface area contributed by atoms with Gasteiger partial charge in [-0.05, 0) is 25.1 Å². The van der Waals surface area contributed by atoms with Gasteiger partial charge in [0.05, 0.1) is 36.1 Å². The normalized spacial score (nSPS) is 9.81. The molecule has 0 aliphatic heterocycles. The van der Waals surface area contributed by atoms with Crippen molar-refractivity contribution >= 4 is 23.1 Å². The molecule has 0 bridgehead atoms. The number of benzene rings is 1. The van der Waals surface area contributed by atoms with Crippen LogP contribution in [0.2, 0.25) is 5.02 Å². The summed E-state index contributed by atoms with van der Waals surface area (Å²) in [6, 6.07) is 6.95. The lowest BCUT2D eigenvalue weighted by molar-refractivity contribution is 0.298. The van der Waals surface area contributed by atoms with Crippen LogP contribution in [0.25, 0.3) is 0 Å². The number of methoxy groups -OCH3 is 1. The van der Waals surface area contributed by atoms with E-state index >= 15 is 0 Å². The molecule has 1 heterocycles. The summed E-state index contributed by atoms with van der Waals surface area (Å²) in [6.45, 7) is 2.32. The van der Waals surface area contributed by atoms with Gasteiger partial charge >= 0.3 is 0 Å². The Bertz CT molecular complexity index is 685. The fourth-order valence-corrected chi connectivity index (χ4v) is 1.91. The molecule has 2 aromatic rings. The van der Waals surface area contributed by atoms with Crippen LogP contribution in [0.5, 0.6) is 11.6 Å². The quantitative estimate of drug-likeness (QED) is 0.914. The van der Waals surface area contributed by atoms with Gasteiger partial charge in [-0.3, -0.25) is 0 Å². The van der Waals surface area contributed by atoms with Gasteiger partial charge in [-0.1, -0.05) is 11.6 Å². The second-order valence-corrected chi connectivity index (χ2v) is 4.33. The Morgan fingerprint density at radius 2 is 2.19 bits per heavy atom. The van der Waals surface area contributed by atoms with E-state index in [4.69, 9.17) is 26.3 Å². The Kier molecular flexibility index (Phi) is 4.80. The summed E-state index contributed by atoms with van der Waals surface area (Å²) < 4.78 is 10.7. The first-order valence-corrected chi connectivity index (χ1v) is 6.55. The molecule has 21 heavy (non-hydrogen) atoms. The van der Waals surface area contributed by atoms with Gasteiger partial charge in [0, 0.05) is 0 Å². The number of hydrogen-bond acceptors (Lipinski definition) is 6. The molecule has 0 atom stereocenters. The molecule has 0 fully saturated rings. The van der Waals surface area contributed by atoms with Crippen molar-refractivity contribution in [3.05, 3.63) is 35.1 Å². The third-order valence-electron chi connectivity index (χ3n) is 2.61. The Labute approximate surface area is 127 Å². The molecule has 0 saturated carbocycles. The maximum atomic E-state index is 8.83. The van der Waals surface area contributed by atoms with Gasteiger partial charge in [0.1, 0.15) is 6.33 Å². The molecule has 0 unspecified atom stereocenters. The van der Waals surface area contributed by atoms with Crippen LogP contribution in [0.1, 0.15) is 12.5 Å². The molecule has 6 nitrogen and oxygen atoms in total. The Morgan fingerprint density at radius 1 is 1.38 bits per heavy atom. The fourth-order valence-electron chi connectivity index (χ4n) is 1.68. The first-order valence-electron chi connectivity index (χ1n) is 6.18. The third kappa shape index (κ3) is 3.33. The summed E-state index contributed by atoms with van der Waals surface area (Å²) in [7, 11) is 1.51. The summed E-state index contributed by atoms with van der Waals surface area (Å²) in [5.41, 5.74) is 1.09. The SMILES string of the molecule is CCOc1ncnc(Nc2ccc(C#N)cc2Cl)c1OC. The van der Waals surface area contributed by atoms with Gasteiger partial charge in [0.25, 0.3) is 5.88 Å². The first-order chi connectivity index (χ1) is 10.2. The van der Waals surface area contributed by atoms with Crippen molar-refractivity contribution in [2.45, 2.75) is 6.92 Å². The summed E-state index contributed by atoms with van der Waals surface area (Å²) in [5, 5.41) is 12.3. The average molecular weight is 305 g/mol. The van der Waals surface area contributed by atoms with Crippen molar-refractivity contribution in [2.75, 3.05) is 19.0 Å². The molecule has 7 heteroatoms. The van der Waals surface area contributed by atoms with Crippen LogP contribution in [0.4, 0.5) is 11.5 Å². The zero-order chi connectivity index (χ0) is 15.2. The van der Waals surface area contributed by atoms with Gasteiger partial charge < -0.3 is 14.8 Å². The third-order valence-corrected chi connectivity index (χ3v) is 2.92. The molecular formula is C14H13ClN4O2. The van der Waals surface area contributed by atoms with Crippen LogP contribution in [-0.2, 0) is 0 Å². The molecule has 0 saturated heterocycles. The molecule has 108 valence electrons. The summed E-state index contributed by atoms with van der Waals surface area (Å²) in [6.07, 6.45) is 1.37. The van der Waals surface area contributed by atoms with Gasteiger partial charge in [-0.15, -0.1) is 0 Å². The molecule has 0 aliphatic rings. The predicted molar refractivity (Wildman–Crippen MR) is 79.2 cm³/mol. The van der Waals surface area contributed by atoms with E-state index in [1.165, 1.54) is 13.4 Å². The van der Waals surface area contributed by atoms with E-state index in [1.807, 2.05) is 13.0 Å². The number of nitrogens with one attached hydrogen (secondary N) is 1. The highest BCUT2D eigenvalue weighted by atomic mass is 35.5. The van der Waals surface area contributed by atoms with E-state index in [0.717, 1.165) is 0 Å². The second kappa shape index (κ2) is 6.77. The van der Waals surface area contributed by atoms with E-state index < -0.39 is 0 Å². The van der Waals surface area contributed by atoms with E-state index in [9.17, 15) is 0 Å². The monoisotopic (exact) mass is 304 g/mol. The van der Waals surface area contributed by atoms with Gasteiger partial charge in [0.15, 0.2) is 5.82 Å².